The van der Waals surface area contributed by atoms with Gasteiger partial charge in [0.2, 0.25) is 11.8 Å². The standard InChI is InChI=1S/C19H17NO6S/c1-25-11-7-8-13(14(9-11)26-2)20-17(21)10-16(18(20)22)27-15-6-4-3-5-12(15)19(23)24/h3-9,16H,10H2,1-2H3,(H,23,24)/t16-/m0/s1. The number of nitrogens with zero attached hydrogens (tertiary/aromatic N) is 1. The Kier molecular flexibility index (Phi) is 5.36. The van der Waals surface area contributed by atoms with Crippen LogP contribution in [0.2, 0.25) is 0 Å². The van der Waals surface area contributed by atoms with Gasteiger partial charge in [-0.1, -0.05) is 12.1 Å². The molecule has 0 spiro atoms. The number of carbonyl (C=O) groups excluding carboxylic acids is 2. The number of carboxylic acid groups (broad SMARTS) is 1. The van der Waals surface area contributed by atoms with E-state index in [-0.39, 0.29) is 17.9 Å². The fourth-order valence-electron chi connectivity index (χ4n) is 2.82. The van der Waals surface area contributed by atoms with E-state index >= 15 is 0 Å². The zero-order chi connectivity index (χ0) is 19.6. The van der Waals surface area contributed by atoms with E-state index in [0.717, 1.165) is 16.7 Å². The summed E-state index contributed by atoms with van der Waals surface area (Å²) >= 11 is 1.08. The van der Waals surface area contributed by atoms with Crippen molar-refractivity contribution < 1.29 is 29.0 Å². The molecule has 7 nitrogen and oxygen atoms in total. The van der Waals surface area contributed by atoms with Crippen LogP contribution in [0, 0.1) is 0 Å². The van der Waals surface area contributed by atoms with Gasteiger partial charge >= 0.3 is 5.97 Å². The number of rotatable bonds is 6. The smallest absolute Gasteiger partial charge is 0.336 e. The highest BCUT2D eigenvalue weighted by Gasteiger charge is 2.41. The number of thioether (sulfide) groups is 1. The molecule has 1 aliphatic rings. The first-order valence-electron chi connectivity index (χ1n) is 8.04. The SMILES string of the molecule is COc1ccc(N2C(=O)C[C@H](Sc3ccccc3C(=O)O)C2=O)c(OC)c1. The second-order valence-electron chi connectivity index (χ2n) is 5.72. The number of hydrogen-bond donors (Lipinski definition) is 1. The summed E-state index contributed by atoms with van der Waals surface area (Å²) in [5.41, 5.74) is 0.436. The van der Waals surface area contributed by atoms with Crippen LogP contribution in [0.3, 0.4) is 0 Å². The topological polar surface area (TPSA) is 93.1 Å². The minimum Gasteiger partial charge on any atom is -0.497 e. The maximum Gasteiger partial charge on any atom is 0.336 e. The zero-order valence-electron chi connectivity index (χ0n) is 14.7. The molecule has 1 fully saturated rings. The Hall–Kier alpha value is -3.00. The number of carbonyl (C=O) groups is 3. The minimum atomic E-state index is -1.08. The predicted molar refractivity (Wildman–Crippen MR) is 99.7 cm³/mol. The van der Waals surface area contributed by atoms with Gasteiger partial charge in [-0.15, -0.1) is 11.8 Å². The van der Waals surface area contributed by atoms with Crippen LogP contribution in [0.1, 0.15) is 16.8 Å². The quantitative estimate of drug-likeness (QED) is 0.762. The molecule has 1 atom stereocenters. The number of ether oxygens (including phenoxy) is 2. The second-order valence-corrected chi connectivity index (χ2v) is 6.96. The summed E-state index contributed by atoms with van der Waals surface area (Å²) in [5.74, 6) is -0.977. The highest BCUT2D eigenvalue weighted by molar-refractivity contribution is 8.00. The lowest BCUT2D eigenvalue weighted by Gasteiger charge is -2.18. The van der Waals surface area contributed by atoms with Crippen molar-refractivity contribution in [1.29, 1.82) is 0 Å². The van der Waals surface area contributed by atoms with Gasteiger partial charge in [-0.3, -0.25) is 9.59 Å². The Morgan fingerprint density at radius 1 is 1.15 bits per heavy atom. The van der Waals surface area contributed by atoms with E-state index in [9.17, 15) is 19.5 Å². The molecule has 2 aromatic rings. The summed E-state index contributed by atoms with van der Waals surface area (Å²) in [4.78, 5) is 38.3. The van der Waals surface area contributed by atoms with E-state index in [1.165, 1.54) is 20.3 Å². The summed E-state index contributed by atoms with van der Waals surface area (Å²) in [6.07, 6.45) is -0.0212. The highest BCUT2D eigenvalue weighted by atomic mass is 32.2. The van der Waals surface area contributed by atoms with Gasteiger partial charge in [-0.05, 0) is 24.3 Å². The Bertz CT molecular complexity index is 913. The van der Waals surface area contributed by atoms with Crippen LogP contribution in [0.15, 0.2) is 47.4 Å². The number of benzene rings is 2. The normalized spacial score (nSPS) is 16.5. The second kappa shape index (κ2) is 7.71. The molecule has 0 bridgehead atoms. The van der Waals surface area contributed by atoms with E-state index in [2.05, 4.69) is 0 Å². The molecule has 2 amide bonds. The first-order chi connectivity index (χ1) is 13.0. The van der Waals surface area contributed by atoms with Crippen LogP contribution < -0.4 is 14.4 Å². The summed E-state index contributed by atoms with van der Waals surface area (Å²) < 4.78 is 10.4. The van der Waals surface area contributed by atoms with Crippen molar-refractivity contribution in [3.05, 3.63) is 48.0 Å². The van der Waals surface area contributed by atoms with Gasteiger partial charge in [0, 0.05) is 17.4 Å². The molecule has 0 saturated carbocycles. The number of carboxylic acids is 1. The van der Waals surface area contributed by atoms with Gasteiger partial charge in [-0.2, -0.15) is 0 Å². The third-order valence-corrected chi connectivity index (χ3v) is 5.38. The van der Waals surface area contributed by atoms with Gasteiger partial charge in [0.1, 0.15) is 11.5 Å². The van der Waals surface area contributed by atoms with Crippen molar-refractivity contribution in [1.82, 2.24) is 0 Å². The van der Waals surface area contributed by atoms with Crippen molar-refractivity contribution in [2.24, 2.45) is 0 Å². The number of methoxy groups -OCH3 is 2. The van der Waals surface area contributed by atoms with Crippen molar-refractivity contribution in [3.8, 4) is 11.5 Å². The van der Waals surface area contributed by atoms with E-state index in [4.69, 9.17) is 9.47 Å². The fraction of sp³-hybridized carbons (Fsp3) is 0.211. The molecule has 1 aliphatic heterocycles. The predicted octanol–water partition coefficient (Wildman–Crippen LogP) is 2.83. The molecule has 3 rings (SSSR count). The molecule has 1 heterocycles. The monoisotopic (exact) mass is 387 g/mol. The van der Waals surface area contributed by atoms with Gasteiger partial charge in [0.25, 0.3) is 0 Å². The third-order valence-electron chi connectivity index (χ3n) is 4.12. The first-order valence-corrected chi connectivity index (χ1v) is 8.92. The van der Waals surface area contributed by atoms with Crippen molar-refractivity contribution >= 4 is 35.2 Å². The molecule has 0 radical (unpaired) electrons. The maximum absolute atomic E-state index is 12.9. The van der Waals surface area contributed by atoms with Gasteiger partial charge in [-0.25, -0.2) is 9.69 Å². The molecule has 140 valence electrons. The number of aromatic carboxylic acids is 1. The fourth-order valence-corrected chi connectivity index (χ4v) is 4.00. The van der Waals surface area contributed by atoms with Crippen LogP contribution >= 0.6 is 11.8 Å². The molecule has 0 unspecified atom stereocenters. The summed E-state index contributed by atoms with van der Waals surface area (Å²) in [5, 5.41) is 8.60. The molecule has 1 N–H and O–H groups in total. The minimum absolute atomic E-state index is 0.0212. The lowest BCUT2D eigenvalue weighted by Crippen LogP contribution is -2.31. The largest absolute Gasteiger partial charge is 0.497 e. The van der Waals surface area contributed by atoms with Crippen molar-refractivity contribution in [2.75, 3.05) is 19.1 Å². The van der Waals surface area contributed by atoms with E-state index in [1.54, 1.807) is 36.4 Å². The van der Waals surface area contributed by atoms with Crippen LogP contribution in [-0.2, 0) is 9.59 Å². The lowest BCUT2D eigenvalue weighted by atomic mass is 10.2. The van der Waals surface area contributed by atoms with Crippen LogP contribution in [0.25, 0.3) is 0 Å². The Morgan fingerprint density at radius 2 is 1.89 bits per heavy atom. The zero-order valence-corrected chi connectivity index (χ0v) is 15.5. The molecule has 27 heavy (non-hydrogen) atoms. The van der Waals surface area contributed by atoms with E-state index < -0.39 is 17.1 Å². The van der Waals surface area contributed by atoms with E-state index in [0.29, 0.717) is 22.1 Å². The average molecular weight is 387 g/mol. The number of imide groups is 1. The molecule has 1 saturated heterocycles. The summed E-state index contributed by atoms with van der Waals surface area (Å²) in [6, 6.07) is 11.2. The van der Waals surface area contributed by atoms with Gasteiger partial charge in [0.05, 0.1) is 30.7 Å². The van der Waals surface area contributed by atoms with Crippen molar-refractivity contribution in [3.63, 3.8) is 0 Å². The summed E-state index contributed by atoms with van der Waals surface area (Å²) in [6.45, 7) is 0. The molecule has 8 heteroatoms. The van der Waals surface area contributed by atoms with E-state index in [1.807, 2.05) is 0 Å². The van der Waals surface area contributed by atoms with Crippen LogP contribution in [0.4, 0.5) is 5.69 Å². The molecule has 0 aromatic heterocycles. The van der Waals surface area contributed by atoms with Crippen LogP contribution in [-0.4, -0.2) is 42.4 Å². The highest BCUT2D eigenvalue weighted by Crippen LogP contribution is 2.39. The molecular formula is C19H17NO6S. The first kappa shape index (κ1) is 18.8. The van der Waals surface area contributed by atoms with Crippen LogP contribution in [0.5, 0.6) is 11.5 Å². The van der Waals surface area contributed by atoms with Gasteiger partial charge in [0.15, 0.2) is 0 Å². The Morgan fingerprint density at radius 3 is 2.56 bits per heavy atom. The number of hydrogen-bond acceptors (Lipinski definition) is 6. The summed E-state index contributed by atoms with van der Waals surface area (Å²) in [7, 11) is 2.95. The van der Waals surface area contributed by atoms with Gasteiger partial charge < -0.3 is 14.6 Å². The average Bonchev–Trinajstić information content (AvgIpc) is 2.94. The number of anilines is 1. The lowest BCUT2D eigenvalue weighted by molar-refractivity contribution is -0.121. The maximum atomic E-state index is 12.9. The molecule has 0 aliphatic carbocycles. The third kappa shape index (κ3) is 3.61. The Labute approximate surface area is 159 Å². The van der Waals surface area contributed by atoms with Crippen molar-refractivity contribution in [2.45, 2.75) is 16.6 Å². The molecular weight excluding hydrogens is 370 g/mol. The number of amides is 2. The Balaban J connectivity index is 1.89. The molecule has 2 aromatic carbocycles.